The topological polar surface area (TPSA) is 72.7 Å². The van der Waals surface area contributed by atoms with Crippen LogP contribution in [0.25, 0.3) is 0 Å². The lowest BCUT2D eigenvalue weighted by molar-refractivity contribution is 0.266. The Morgan fingerprint density at radius 3 is 1.95 bits per heavy atom. The molecule has 0 saturated carbocycles. The molecule has 0 aromatic heterocycles. The molecule has 0 radical (unpaired) electrons. The predicted octanol–water partition coefficient (Wildman–Crippen LogP) is 3.46. The van der Waals surface area contributed by atoms with Crippen molar-refractivity contribution in [2.45, 2.75) is 33.1 Å². The van der Waals surface area contributed by atoms with E-state index in [-0.39, 0.29) is 19.0 Å². The molecule has 6 heteroatoms. The van der Waals surface area contributed by atoms with Crippen LogP contribution in [0.2, 0.25) is 0 Å². The van der Waals surface area contributed by atoms with E-state index in [2.05, 4.69) is 51.0 Å². The van der Waals surface area contributed by atoms with Crippen molar-refractivity contribution < 1.29 is 15.3 Å². The summed E-state index contributed by atoms with van der Waals surface area (Å²) >= 11 is 6.68. The van der Waals surface area contributed by atoms with Crippen LogP contribution in [0.4, 0.5) is 0 Å². The molecule has 4 N–H and O–H groups in total. The van der Waals surface area contributed by atoms with Gasteiger partial charge in [-0.05, 0) is 68.3 Å². The number of hydrogen-bond donors (Lipinski definition) is 4. The van der Waals surface area contributed by atoms with Gasteiger partial charge in [0.15, 0.2) is 0 Å². The quantitative estimate of drug-likeness (QED) is 0.467. The van der Waals surface area contributed by atoms with Crippen molar-refractivity contribution in [3.8, 4) is 5.75 Å². The van der Waals surface area contributed by atoms with Gasteiger partial charge in [0.1, 0.15) is 5.75 Å². The van der Waals surface area contributed by atoms with Crippen LogP contribution >= 0.6 is 31.9 Å². The van der Waals surface area contributed by atoms with Crippen LogP contribution in [-0.2, 0) is 6.42 Å². The van der Waals surface area contributed by atoms with Gasteiger partial charge in [-0.3, -0.25) is 0 Å². The molecular weight excluding hydrogens is 414 g/mol. The van der Waals surface area contributed by atoms with Crippen molar-refractivity contribution >= 4 is 31.9 Å². The van der Waals surface area contributed by atoms with Crippen molar-refractivity contribution in [3.05, 3.63) is 26.6 Å². The van der Waals surface area contributed by atoms with E-state index in [4.69, 9.17) is 10.2 Å². The van der Waals surface area contributed by atoms with E-state index < -0.39 is 0 Å². The van der Waals surface area contributed by atoms with Crippen LogP contribution in [0.15, 0.2) is 21.1 Å². The van der Waals surface area contributed by atoms with Crippen molar-refractivity contribution in [1.29, 1.82) is 0 Å². The van der Waals surface area contributed by atoms with Gasteiger partial charge in [0, 0.05) is 13.1 Å². The molecule has 0 unspecified atom stereocenters. The molecule has 1 aromatic rings. The van der Waals surface area contributed by atoms with Gasteiger partial charge in [-0.1, -0.05) is 20.3 Å². The van der Waals surface area contributed by atoms with E-state index in [0.717, 1.165) is 21.3 Å². The zero-order chi connectivity index (χ0) is 17.0. The first-order chi connectivity index (χ1) is 10.4. The Morgan fingerprint density at radius 2 is 1.55 bits per heavy atom. The summed E-state index contributed by atoms with van der Waals surface area (Å²) in [6, 6.07) is 3.97. The van der Waals surface area contributed by atoms with Gasteiger partial charge in [0.2, 0.25) is 0 Å². The zero-order valence-electron chi connectivity index (χ0n) is 13.3. The highest BCUT2D eigenvalue weighted by Crippen LogP contribution is 2.33. The number of aryl methyl sites for hydroxylation is 1. The Labute approximate surface area is 150 Å². The van der Waals surface area contributed by atoms with E-state index >= 15 is 0 Å². The average molecular weight is 441 g/mol. The number of aliphatic hydroxyl groups excluding tert-OH is 2. The lowest BCUT2D eigenvalue weighted by atomic mass is 10.0. The first kappa shape index (κ1) is 21.9. The molecular formula is C16H27Br2NO3. The minimum absolute atomic E-state index is 0.139. The van der Waals surface area contributed by atoms with Crippen LogP contribution in [0.3, 0.4) is 0 Å². The molecule has 1 aromatic carbocycles. The molecule has 0 amide bonds. The predicted molar refractivity (Wildman–Crippen MR) is 98.3 cm³/mol. The maximum absolute atomic E-state index is 9.55. The van der Waals surface area contributed by atoms with E-state index in [0.29, 0.717) is 13.1 Å². The summed E-state index contributed by atoms with van der Waals surface area (Å²) in [5.41, 5.74) is 1.26. The standard InChI is InChI=1S/C12H16Br2O.C4H11NO2/c1-8(2)4-3-5-9-6-10(13)12(15)11(14)7-9;6-3-1-5-2-4-7/h6-8,15H,3-5H2,1-2H3;5-7H,1-4H2. The maximum atomic E-state index is 9.55. The number of halogens is 2. The summed E-state index contributed by atoms with van der Waals surface area (Å²) < 4.78 is 1.52. The van der Waals surface area contributed by atoms with Gasteiger partial charge in [0.05, 0.1) is 22.2 Å². The number of nitrogens with one attached hydrogen (secondary N) is 1. The average Bonchev–Trinajstić information content (AvgIpc) is 2.45. The summed E-state index contributed by atoms with van der Waals surface area (Å²) in [6.07, 6.45) is 3.51. The number of benzene rings is 1. The van der Waals surface area contributed by atoms with Gasteiger partial charge in [-0.15, -0.1) is 0 Å². The van der Waals surface area contributed by atoms with Crippen molar-refractivity contribution in [1.82, 2.24) is 5.32 Å². The van der Waals surface area contributed by atoms with Gasteiger partial charge >= 0.3 is 0 Å². The molecule has 22 heavy (non-hydrogen) atoms. The number of aromatic hydroxyl groups is 1. The number of aliphatic hydroxyl groups is 2. The van der Waals surface area contributed by atoms with E-state index in [9.17, 15) is 5.11 Å². The lowest BCUT2D eigenvalue weighted by Gasteiger charge is -2.07. The van der Waals surface area contributed by atoms with Gasteiger partial charge < -0.3 is 20.6 Å². The van der Waals surface area contributed by atoms with Crippen LogP contribution in [0.1, 0.15) is 32.3 Å². The number of phenolic OH excluding ortho intramolecular Hbond substituents is 1. The van der Waals surface area contributed by atoms with Crippen LogP contribution in [-0.4, -0.2) is 41.6 Å². The molecule has 0 saturated heterocycles. The first-order valence-electron chi connectivity index (χ1n) is 7.51. The summed E-state index contributed by atoms with van der Waals surface area (Å²) in [6.45, 7) is 5.90. The molecule has 1 rings (SSSR count). The molecule has 0 atom stereocenters. The monoisotopic (exact) mass is 439 g/mol. The van der Waals surface area contributed by atoms with Gasteiger partial charge in [0.25, 0.3) is 0 Å². The lowest BCUT2D eigenvalue weighted by Crippen LogP contribution is -2.21. The smallest absolute Gasteiger partial charge is 0.143 e. The zero-order valence-corrected chi connectivity index (χ0v) is 16.5. The van der Waals surface area contributed by atoms with Gasteiger partial charge in [-0.25, -0.2) is 0 Å². The first-order valence-corrected chi connectivity index (χ1v) is 9.10. The minimum Gasteiger partial charge on any atom is -0.506 e. The molecule has 128 valence electrons. The fourth-order valence-electron chi connectivity index (χ4n) is 1.76. The van der Waals surface area contributed by atoms with E-state index in [1.807, 2.05) is 12.1 Å². The largest absolute Gasteiger partial charge is 0.506 e. The summed E-state index contributed by atoms with van der Waals surface area (Å²) in [4.78, 5) is 0. The van der Waals surface area contributed by atoms with E-state index in [1.54, 1.807) is 0 Å². The number of hydrogen-bond acceptors (Lipinski definition) is 4. The fourth-order valence-corrected chi connectivity index (χ4v) is 3.04. The Balaban J connectivity index is 0.000000534. The second-order valence-electron chi connectivity index (χ2n) is 5.39. The van der Waals surface area contributed by atoms with Crippen LogP contribution in [0, 0.1) is 5.92 Å². The number of rotatable bonds is 8. The third kappa shape index (κ3) is 10.6. The molecule has 4 nitrogen and oxygen atoms in total. The molecule has 0 fully saturated rings. The summed E-state index contributed by atoms with van der Waals surface area (Å²) in [7, 11) is 0. The van der Waals surface area contributed by atoms with Crippen LogP contribution in [0.5, 0.6) is 5.75 Å². The molecule has 0 spiro atoms. The van der Waals surface area contributed by atoms with Crippen molar-refractivity contribution in [2.75, 3.05) is 26.3 Å². The van der Waals surface area contributed by atoms with Gasteiger partial charge in [-0.2, -0.15) is 0 Å². The Morgan fingerprint density at radius 1 is 1.05 bits per heavy atom. The SMILES string of the molecule is CC(C)CCCc1cc(Br)c(O)c(Br)c1.OCCNCCO. The number of phenols is 1. The highest BCUT2D eigenvalue weighted by molar-refractivity contribution is 9.11. The Hall–Kier alpha value is -0.140. The highest BCUT2D eigenvalue weighted by Gasteiger charge is 2.05. The Kier molecular flexibility index (Phi) is 13.2. The molecule has 0 aliphatic carbocycles. The summed E-state index contributed by atoms with van der Waals surface area (Å²) in [5, 5.41) is 28.6. The second-order valence-corrected chi connectivity index (χ2v) is 7.10. The minimum atomic E-state index is 0.139. The third-order valence-electron chi connectivity index (χ3n) is 2.90. The molecule has 0 aliphatic heterocycles. The van der Waals surface area contributed by atoms with E-state index in [1.165, 1.54) is 18.4 Å². The maximum Gasteiger partial charge on any atom is 0.143 e. The molecule has 0 heterocycles. The Bertz CT molecular complexity index is 387. The second kappa shape index (κ2) is 13.3. The fraction of sp³-hybridized carbons (Fsp3) is 0.625. The van der Waals surface area contributed by atoms with Crippen LogP contribution < -0.4 is 5.32 Å². The highest BCUT2D eigenvalue weighted by atomic mass is 79.9. The van der Waals surface area contributed by atoms with Crippen molar-refractivity contribution in [2.24, 2.45) is 5.92 Å². The molecule has 0 bridgehead atoms. The van der Waals surface area contributed by atoms with Crippen molar-refractivity contribution in [3.63, 3.8) is 0 Å². The summed E-state index contributed by atoms with van der Waals surface area (Å²) in [5.74, 6) is 1.04. The normalized spacial score (nSPS) is 10.5. The third-order valence-corrected chi connectivity index (χ3v) is 4.11. The molecule has 0 aliphatic rings.